The third kappa shape index (κ3) is 2.36. The molecule has 4 aliphatic carbocycles. The van der Waals surface area contributed by atoms with Gasteiger partial charge in [-0.1, -0.05) is 27.2 Å². The highest BCUT2D eigenvalue weighted by Gasteiger charge is 2.60. The molecule has 4 saturated carbocycles. The first kappa shape index (κ1) is 17.4. The van der Waals surface area contributed by atoms with E-state index in [0.717, 1.165) is 29.6 Å². The lowest BCUT2D eigenvalue weighted by molar-refractivity contribution is -0.124. The highest BCUT2D eigenvalue weighted by Crippen LogP contribution is 2.68. The van der Waals surface area contributed by atoms with Crippen molar-refractivity contribution in [2.45, 2.75) is 98.0 Å². The fourth-order valence-corrected chi connectivity index (χ4v) is 8.55. The monoisotopic (exact) mass is 332 g/mol. The standard InChI is InChI=1S/C23H40O/c1-5-16-10-12-22(3)17(14-16)6-7-18-20-9-8-19(15(2)24)23(20,4)13-11-21(18)22/h15-21,24H,5-14H2,1-4H3. The molecule has 0 aromatic rings. The molecule has 0 aliphatic heterocycles. The molecule has 9 atom stereocenters. The van der Waals surface area contributed by atoms with Crippen LogP contribution in [0.2, 0.25) is 0 Å². The molecule has 0 aromatic carbocycles. The minimum Gasteiger partial charge on any atom is -0.393 e. The molecular formula is C23H40O. The van der Waals surface area contributed by atoms with E-state index in [1.807, 2.05) is 0 Å². The topological polar surface area (TPSA) is 20.2 Å². The summed E-state index contributed by atoms with van der Waals surface area (Å²) in [6.45, 7) is 9.68. The van der Waals surface area contributed by atoms with E-state index in [1.165, 1.54) is 64.2 Å². The van der Waals surface area contributed by atoms with E-state index in [1.54, 1.807) is 0 Å². The van der Waals surface area contributed by atoms with Crippen LogP contribution in [0.3, 0.4) is 0 Å². The summed E-state index contributed by atoms with van der Waals surface area (Å²) in [4.78, 5) is 0. The average Bonchev–Trinajstić information content (AvgIpc) is 2.91. The first-order valence-electron chi connectivity index (χ1n) is 11.1. The van der Waals surface area contributed by atoms with Crippen LogP contribution in [-0.2, 0) is 0 Å². The number of rotatable bonds is 2. The molecule has 0 radical (unpaired) electrons. The second-order valence-electron chi connectivity index (χ2n) is 10.7. The Morgan fingerprint density at radius 2 is 1.62 bits per heavy atom. The summed E-state index contributed by atoms with van der Waals surface area (Å²) in [5, 5.41) is 10.3. The predicted octanol–water partition coefficient (Wildman–Crippen LogP) is 6.05. The fourth-order valence-electron chi connectivity index (χ4n) is 8.55. The molecule has 0 spiro atoms. The van der Waals surface area contributed by atoms with Crippen LogP contribution in [-0.4, -0.2) is 11.2 Å². The van der Waals surface area contributed by atoms with Crippen LogP contribution in [0, 0.1) is 46.3 Å². The molecule has 0 heterocycles. The second-order valence-corrected chi connectivity index (χ2v) is 10.7. The zero-order valence-corrected chi connectivity index (χ0v) is 16.6. The lowest BCUT2D eigenvalue weighted by atomic mass is 9.44. The van der Waals surface area contributed by atoms with Crippen molar-refractivity contribution in [3.05, 3.63) is 0 Å². The number of hydrogen-bond acceptors (Lipinski definition) is 1. The second kappa shape index (κ2) is 6.00. The average molecular weight is 333 g/mol. The maximum atomic E-state index is 10.3. The Bertz CT molecular complexity index is 471. The van der Waals surface area contributed by atoms with Crippen molar-refractivity contribution in [1.82, 2.24) is 0 Å². The maximum absolute atomic E-state index is 10.3. The predicted molar refractivity (Wildman–Crippen MR) is 101 cm³/mol. The Kier molecular flexibility index (Phi) is 4.34. The van der Waals surface area contributed by atoms with Gasteiger partial charge in [-0.2, -0.15) is 0 Å². The molecule has 9 unspecified atom stereocenters. The highest BCUT2D eigenvalue weighted by atomic mass is 16.3. The van der Waals surface area contributed by atoms with Crippen molar-refractivity contribution in [2.24, 2.45) is 46.3 Å². The van der Waals surface area contributed by atoms with Gasteiger partial charge in [-0.25, -0.2) is 0 Å². The molecule has 0 amide bonds. The van der Waals surface area contributed by atoms with Gasteiger partial charge in [-0.3, -0.25) is 0 Å². The molecule has 0 bridgehead atoms. The molecule has 138 valence electrons. The first-order chi connectivity index (χ1) is 11.4. The van der Waals surface area contributed by atoms with Gasteiger partial charge in [0.1, 0.15) is 0 Å². The van der Waals surface area contributed by atoms with E-state index in [2.05, 4.69) is 27.7 Å². The third-order valence-corrected chi connectivity index (χ3v) is 10.0. The summed E-state index contributed by atoms with van der Waals surface area (Å²) in [7, 11) is 0. The van der Waals surface area contributed by atoms with E-state index in [-0.39, 0.29) is 6.10 Å². The molecule has 24 heavy (non-hydrogen) atoms. The van der Waals surface area contributed by atoms with Crippen molar-refractivity contribution in [3.8, 4) is 0 Å². The zero-order chi connectivity index (χ0) is 17.1. The Morgan fingerprint density at radius 3 is 2.33 bits per heavy atom. The van der Waals surface area contributed by atoms with Gasteiger partial charge < -0.3 is 5.11 Å². The summed E-state index contributed by atoms with van der Waals surface area (Å²) >= 11 is 0. The van der Waals surface area contributed by atoms with Gasteiger partial charge in [0.05, 0.1) is 6.10 Å². The minimum atomic E-state index is -0.108. The summed E-state index contributed by atoms with van der Waals surface area (Å²) in [6, 6.07) is 0. The molecule has 4 rings (SSSR count). The molecule has 0 aromatic heterocycles. The lowest BCUT2D eigenvalue weighted by Crippen LogP contribution is -2.54. The number of aliphatic hydroxyl groups excluding tert-OH is 1. The van der Waals surface area contributed by atoms with E-state index in [4.69, 9.17) is 0 Å². The number of fused-ring (bicyclic) bond motifs is 5. The van der Waals surface area contributed by atoms with Gasteiger partial charge in [0, 0.05) is 0 Å². The normalized spacial score (nSPS) is 55.4. The summed E-state index contributed by atoms with van der Waals surface area (Å²) in [5.41, 5.74) is 1.07. The highest BCUT2D eigenvalue weighted by molar-refractivity contribution is 5.09. The van der Waals surface area contributed by atoms with E-state index in [0.29, 0.717) is 16.7 Å². The quantitative estimate of drug-likeness (QED) is 0.652. The Morgan fingerprint density at radius 1 is 0.917 bits per heavy atom. The number of aliphatic hydroxyl groups is 1. The van der Waals surface area contributed by atoms with Gasteiger partial charge in [-0.05, 0) is 111 Å². The first-order valence-corrected chi connectivity index (χ1v) is 11.1. The largest absolute Gasteiger partial charge is 0.393 e. The van der Waals surface area contributed by atoms with Crippen LogP contribution in [0.15, 0.2) is 0 Å². The van der Waals surface area contributed by atoms with E-state index in [9.17, 15) is 5.11 Å². The molecule has 1 heteroatoms. The Labute approximate surface area is 150 Å². The Hall–Kier alpha value is -0.0400. The van der Waals surface area contributed by atoms with Crippen LogP contribution in [0.25, 0.3) is 0 Å². The van der Waals surface area contributed by atoms with E-state index >= 15 is 0 Å². The summed E-state index contributed by atoms with van der Waals surface area (Å²) < 4.78 is 0. The van der Waals surface area contributed by atoms with Crippen molar-refractivity contribution in [1.29, 1.82) is 0 Å². The van der Waals surface area contributed by atoms with Gasteiger partial charge in [0.15, 0.2) is 0 Å². The van der Waals surface area contributed by atoms with Crippen LogP contribution in [0.4, 0.5) is 0 Å². The van der Waals surface area contributed by atoms with Crippen molar-refractivity contribution >= 4 is 0 Å². The molecule has 0 saturated heterocycles. The SMILES string of the molecule is CCC1CCC2(C)C(CCC3C2CCC2(C)C(C(C)O)CCC32)C1. The van der Waals surface area contributed by atoms with Gasteiger partial charge in [0.25, 0.3) is 0 Å². The minimum absolute atomic E-state index is 0.108. The molecule has 4 aliphatic rings. The summed E-state index contributed by atoms with van der Waals surface area (Å²) in [5.74, 6) is 5.43. The lowest BCUT2D eigenvalue weighted by Gasteiger charge is -2.61. The molecule has 4 fully saturated rings. The number of hydrogen-bond donors (Lipinski definition) is 1. The molecular weight excluding hydrogens is 292 g/mol. The van der Waals surface area contributed by atoms with Crippen molar-refractivity contribution in [2.75, 3.05) is 0 Å². The fraction of sp³-hybridized carbons (Fsp3) is 1.00. The third-order valence-electron chi connectivity index (χ3n) is 10.0. The van der Waals surface area contributed by atoms with Gasteiger partial charge >= 0.3 is 0 Å². The van der Waals surface area contributed by atoms with E-state index < -0.39 is 0 Å². The molecule has 1 N–H and O–H groups in total. The van der Waals surface area contributed by atoms with Crippen LogP contribution < -0.4 is 0 Å². The van der Waals surface area contributed by atoms with Crippen LogP contribution >= 0.6 is 0 Å². The van der Waals surface area contributed by atoms with Crippen molar-refractivity contribution < 1.29 is 5.11 Å². The maximum Gasteiger partial charge on any atom is 0.0545 e. The zero-order valence-electron chi connectivity index (χ0n) is 16.6. The van der Waals surface area contributed by atoms with Gasteiger partial charge in [-0.15, -0.1) is 0 Å². The summed E-state index contributed by atoms with van der Waals surface area (Å²) in [6.07, 6.45) is 14.3. The molecule has 1 nitrogen and oxygen atoms in total. The van der Waals surface area contributed by atoms with Crippen molar-refractivity contribution in [3.63, 3.8) is 0 Å². The van der Waals surface area contributed by atoms with Gasteiger partial charge in [0.2, 0.25) is 0 Å². The van der Waals surface area contributed by atoms with Crippen LogP contribution in [0.5, 0.6) is 0 Å². The smallest absolute Gasteiger partial charge is 0.0545 e. The Balaban J connectivity index is 1.58. The van der Waals surface area contributed by atoms with Crippen LogP contribution in [0.1, 0.15) is 91.9 Å².